The molecule has 0 bridgehead atoms. The summed E-state index contributed by atoms with van der Waals surface area (Å²) in [4.78, 5) is 19.3. The molecule has 2 heterocycles. The lowest BCUT2D eigenvalue weighted by molar-refractivity contribution is 0.102. The fourth-order valence-corrected chi connectivity index (χ4v) is 5.40. The normalized spacial score (nSPS) is 15.0. The van der Waals surface area contributed by atoms with Crippen LogP contribution in [0.3, 0.4) is 0 Å². The number of anilines is 1. The van der Waals surface area contributed by atoms with E-state index in [9.17, 15) is 4.79 Å². The van der Waals surface area contributed by atoms with E-state index in [1.165, 1.54) is 11.3 Å². The lowest BCUT2D eigenvalue weighted by Crippen LogP contribution is -2.13. The van der Waals surface area contributed by atoms with Gasteiger partial charge in [-0.05, 0) is 79.3 Å². The van der Waals surface area contributed by atoms with Crippen molar-refractivity contribution in [2.24, 2.45) is 4.99 Å². The number of aliphatic imine (C=N–C) groups is 1. The minimum atomic E-state index is -0.0976. The Morgan fingerprint density at radius 3 is 2.71 bits per heavy atom. The third kappa shape index (κ3) is 4.38. The minimum absolute atomic E-state index is 0.0976. The van der Waals surface area contributed by atoms with Gasteiger partial charge in [0.25, 0.3) is 5.91 Å². The van der Waals surface area contributed by atoms with Crippen LogP contribution >= 0.6 is 27.3 Å². The number of hydrogen-bond donors (Lipinski definition) is 1. The number of halogens is 1. The summed E-state index contributed by atoms with van der Waals surface area (Å²) in [5, 5.41) is 3.81. The molecule has 31 heavy (non-hydrogen) atoms. The monoisotopic (exact) mass is 496 g/mol. The number of thiophene rings is 1. The second kappa shape index (κ2) is 8.85. The van der Waals surface area contributed by atoms with Gasteiger partial charge in [-0.15, -0.1) is 11.3 Å². The van der Waals surface area contributed by atoms with Crippen LogP contribution in [-0.2, 0) is 12.8 Å². The Labute approximate surface area is 193 Å². The number of nitrogens with zero attached hydrogens (tertiary/aromatic N) is 1. The first-order valence-electron chi connectivity index (χ1n) is 10.3. The van der Waals surface area contributed by atoms with E-state index in [1.54, 1.807) is 17.6 Å². The Morgan fingerprint density at radius 2 is 1.84 bits per heavy atom. The Morgan fingerprint density at radius 1 is 1.03 bits per heavy atom. The lowest BCUT2D eigenvalue weighted by Gasteiger charge is -2.08. The molecule has 0 unspecified atom stereocenters. The summed E-state index contributed by atoms with van der Waals surface area (Å²) in [6.45, 7) is 0.244. The van der Waals surface area contributed by atoms with Gasteiger partial charge in [-0.3, -0.25) is 4.79 Å². The molecule has 0 fully saturated rings. The molecule has 0 atom stereocenters. The number of fused-ring (bicyclic) bond motifs is 2. The highest BCUT2D eigenvalue weighted by Gasteiger charge is 2.24. The van der Waals surface area contributed by atoms with Crippen LogP contribution in [0.25, 0.3) is 0 Å². The van der Waals surface area contributed by atoms with Crippen LogP contribution in [0.2, 0.25) is 0 Å². The Bertz CT molecular complexity index is 1150. The zero-order valence-electron chi connectivity index (χ0n) is 16.8. The zero-order chi connectivity index (χ0) is 21.2. The van der Waals surface area contributed by atoms with Crippen molar-refractivity contribution in [1.29, 1.82) is 0 Å². The Kier molecular flexibility index (Phi) is 5.78. The van der Waals surface area contributed by atoms with Crippen molar-refractivity contribution < 1.29 is 14.3 Å². The molecule has 1 aliphatic heterocycles. The summed E-state index contributed by atoms with van der Waals surface area (Å²) in [7, 11) is 0. The van der Waals surface area contributed by atoms with Crippen molar-refractivity contribution in [3.8, 4) is 11.5 Å². The van der Waals surface area contributed by atoms with Crippen molar-refractivity contribution in [3.05, 3.63) is 68.5 Å². The average molecular weight is 497 g/mol. The van der Waals surface area contributed by atoms with Gasteiger partial charge in [-0.1, -0.05) is 22.4 Å². The summed E-state index contributed by atoms with van der Waals surface area (Å²) in [6.07, 6.45) is 7.20. The molecule has 3 aromatic rings. The molecule has 1 aromatic heterocycles. The molecule has 5 nitrogen and oxygen atoms in total. The molecule has 5 rings (SSSR count). The second-order valence-corrected chi connectivity index (χ2v) is 9.58. The number of hydrogen-bond acceptors (Lipinski definition) is 5. The van der Waals surface area contributed by atoms with Crippen LogP contribution in [0.5, 0.6) is 11.5 Å². The van der Waals surface area contributed by atoms with Crippen LogP contribution in [0.15, 0.2) is 51.9 Å². The van der Waals surface area contributed by atoms with Gasteiger partial charge in [0.15, 0.2) is 11.5 Å². The summed E-state index contributed by atoms with van der Waals surface area (Å²) in [6, 6.07) is 13.4. The highest BCUT2D eigenvalue weighted by atomic mass is 79.9. The van der Waals surface area contributed by atoms with Crippen molar-refractivity contribution in [2.45, 2.75) is 32.1 Å². The number of amides is 1. The molecule has 158 valence electrons. The number of nitrogens with one attached hydrogen (secondary N) is 1. The van der Waals surface area contributed by atoms with E-state index in [1.807, 2.05) is 42.5 Å². The van der Waals surface area contributed by atoms with Gasteiger partial charge in [-0.25, -0.2) is 4.99 Å². The summed E-state index contributed by atoms with van der Waals surface area (Å²) < 4.78 is 11.8. The predicted molar refractivity (Wildman–Crippen MR) is 127 cm³/mol. The topological polar surface area (TPSA) is 59.9 Å². The van der Waals surface area contributed by atoms with Crippen LogP contribution in [-0.4, -0.2) is 18.9 Å². The molecule has 1 N–H and O–H groups in total. The quantitative estimate of drug-likeness (QED) is 0.330. The Hall–Kier alpha value is -2.64. The third-order valence-corrected chi connectivity index (χ3v) is 7.19. The predicted octanol–water partition coefficient (Wildman–Crippen LogP) is 6.51. The van der Waals surface area contributed by atoms with Crippen molar-refractivity contribution in [1.82, 2.24) is 0 Å². The summed E-state index contributed by atoms with van der Waals surface area (Å²) in [5.74, 6) is 1.37. The van der Waals surface area contributed by atoms with Crippen molar-refractivity contribution in [3.63, 3.8) is 0 Å². The second-order valence-electron chi connectivity index (χ2n) is 7.58. The molecular weight excluding hydrogens is 476 g/mol. The summed E-state index contributed by atoms with van der Waals surface area (Å²) >= 11 is 5.07. The first kappa shape index (κ1) is 20.3. The number of benzene rings is 2. The summed E-state index contributed by atoms with van der Waals surface area (Å²) in [5.41, 5.74) is 3.55. The van der Waals surface area contributed by atoms with Gasteiger partial charge < -0.3 is 14.8 Å². The van der Waals surface area contributed by atoms with E-state index in [-0.39, 0.29) is 12.7 Å². The first-order chi connectivity index (χ1) is 15.2. The highest BCUT2D eigenvalue weighted by Crippen LogP contribution is 2.40. The standard InChI is InChI=1S/C24H21BrN2O3S/c25-16-7-9-17(10-8-16)27-23(28)22-18-4-2-1-3-5-21(18)31-24(22)26-13-15-6-11-19-20(12-15)30-14-29-19/h6-13H,1-5,14H2,(H,27,28)/b26-13+. The van der Waals surface area contributed by atoms with Gasteiger partial charge in [0, 0.05) is 21.3 Å². The Balaban J connectivity index is 1.47. The smallest absolute Gasteiger partial charge is 0.259 e. The van der Waals surface area contributed by atoms with Crippen molar-refractivity contribution >= 4 is 50.1 Å². The maximum absolute atomic E-state index is 13.3. The maximum Gasteiger partial charge on any atom is 0.259 e. The molecule has 1 aliphatic carbocycles. The molecule has 1 amide bonds. The number of rotatable bonds is 4. The number of ether oxygens (including phenoxy) is 2. The SMILES string of the molecule is O=C(Nc1ccc(Br)cc1)c1c(/N=C/c2ccc3c(c2)OCO3)sc2c1CCCCC2. The van der Waals surface area contributed by atoms with Gasteiger partial charge in [-0.2, -0.15) is 0 Å². The first-order valence-corrected chi connectivity index (χ1v) is 11.9. The van der Waals surface area contributed by atoms with E-state index < -0.39 is 0 Å². The van der Waals surface area contributed by atoms with E-state index in [2.05, 4.69) is 21.2 Å². The largest absolute Gasteiger partial charge is 0.454 e. The fourth-order valence-electron chi connectivity index (χ4n) is 3.91. The molecular formula is C24H21BrN2O3S. The van der Waals surface area contributed by atoms with Gasteiger partial charge >= 0.3 is 0 Å². The van der Waals surface area contributed by atoms with Crippen molar-refractivity contribution in [2.75, 3.05) is 12.1 Å². The molecule has 2 aromatic carbocycles. The number of carbonyl (C=O) groups is 1. The number of aryl methyl sites for hydroxylation is 1. The van der Waals surface area contributed by atoms with Gasteiger partial charge in [0.05, 0.1) is 5.56 Å². The van der Waals surface area contributed by atoms with Crippen LogP contribution in [0, 0.1) is 0 Å². The van der Waals surface area contributed by atoms with E-state index in [0.29, 0.717) is 5.56 Å². The molecule has 0 saturated heterocycles. The van der Waals surface area contributed by atoms with E-state index in [0.717, 1.165) is 63.5 Å². The molecule has 2 aliphatic rings. The lowest BCUT2D eigenvalue weighted by atomic mass is 10.0. The average Bonchev–Trinajstić information content (AvgIpc) is 3.31. The van der Waals surface area contributed by atoms with Crippen LogP contribution in [0.1, 0.15) is 45.6 Å². The minimum Gasteiger partial charge on any atom is -0.454 e. The molecule has 7 heteroatoms. The molecule has 0 radical (unpaired) electrons. The molecule has 0 spiro atoms. The van der Waals surface area contributed by atoms with E-state index in [4.69, 9.17) is 14.5 Å². The van der Waals surface area contributed by atoms with Gasteiger partial charge in [0.1, 0.15) is 5.00 Å². The zero-order valence-corrected chi connectivity index (χ0v) is 19.2. The fraction of sp³-hybridized carbons (Fsp3) is 0.250. The van der Waals surface area contributed by atoms with E-state index >= 15 is 0 Å². The van der Waals surface area contributed by atoms with Crippen LogP contribution in [0.4, 0.5) is 10.7 Å². The van der Waals surface area contributed by atoms with Crippen LogP contribution < -0.4 is 14.8 Å². The third-order valence-electron chi connectivity index (χ3n) is 5.46. The molecule has 0 saturated carbocycles. The highest BCUT2D eigenvalue weighted by molar-refractivity contribution is 9.10. The maximum atomic E-state index is 13.3. The van der Waals surface area contributed by atoms with Gasteiger partial charge in [0.2, 0.25) is 6.79 Å². The number of carbonyl (C=O) groups excluding carboxylic acids is 1.